The van der Waals surface area contributed by atoms with Crippen molar-refractivity contribution in [1.29, 1.82) is 0 Å². The average molecular weight is 288 g/mol. The SMILES string of the molecule is OCCc1cccc(CN2CCC3(CCCNC3)CC2)c1. The Kier molecular flexibility index (Phi) is 4.94. The summed E-state index contributed by atoms with van der Waals surface area (Å²) in [6, 6.07) is 8.70. The van der Waals surface area contributed by atoms with Crippen LogP contribution in [0.4, 0.5) is 0 Å². The van der Waals surface area contributed by atoms with E-state index in [2.05, 4.69) is 34.5 Å². The zero-order chi connectivity index (χ0) is 14.5. The smallest absolute Gasteiger partial charge is 0.0471 e. The molecule has 0 aromatic heterocycles. The molecule has 2 aliphatic heterocycles. The fraction of sp³-hybridized carbons (Fsp3) is 0.667. The lowest BCUT2D eigenvalue weighted by atomic mass is 9.73. The summed E-state index contributed by atoms with van der Waals surface area (Å²) >= 11 is 0. The van der Waals surface area contributed by atoms with Crippen LogP contribution < -0.4 is 5.32 Å². The number of hydrogen-bond donors (Lipinski definition) is 2. The first-order valence-corrected chi connectivity index (χ1v) is 8.41. The van der Waals surface area contributed by atoms with Gasteiger partial charge in [-0.2, -0.15) is 0 Å². The van der Waals surface area contributed by atoms with Crippen LogP contribution in [-0.2, 0) is 13.0 Å². The van der Waals surface area contributed by atoms with E-state index in [-0.39, 0.29) is 6.61 Å². The van der Waals surface area contributed by atoms with Gasteiger partial charge in [-0.25, -0.2) is 0 Å². The van der Waals surface area contributed by atoms with Gasteiger partial charge in [-0.3, -0.25) is 4.90 Å². The minimum Gasteiger partial charge on any atom is -0.396 e. The van der Waals surface area contributed by atoms with Crippen molar-refractivity contribution in [2.24, 2.45) is 5.41 Å². The predicted molar refractivity (Wildman–Crippen MR) is 86.3 cm³/mol. The maximum atomic E-state index is 9.06. The zero-order valence-corrected chi connectivity index (χ0v) is 13.0. The van der Waals surface area contributed by atoms with Gasteiger partial charge in [0.1, 0.15) is 0 Å². The van der Waals surface area contributed by atoms with Crippen LogP contribution in [0.2, 0.25) is 0 Å². The largest absolute Gasteiger partial charge is 0.396 e. The second-order valence-electron chi connectivity index (χ2n) is 6.85. The Bertz CT molecular complexity index is 444. The molecule has 0 atom stereocenters. The summed E-state index contributed by atoms with van der Waals surface area (Å²) in [6.45, 7) is 6.19. The van der Waals surface area contributed by atoms with E-state index < -0.39 is 0 Å². The monoisotopic (exact) mass is 288 g/mol. The van der Waals surface area contributed by atoms with Crippen LogP contribution in [0.15, 0.2) is 24.3 Å². The Morgan fingerprint density at radius 3 is 2.67 bits per heavy atom. The van der Waals surface area contributed by atoms with E-state index in [0.29, 0.717) is 5.41 Å². The third-order valence-corrected chi connectivity index (χ3v) is 5.28. The molecule has 3 nitrogen and oxygen atoms in total. The van der Waals surface area contributed by atoms with E-state index in [9.17, 15) is 0 Å². The number of likely N-dealkylation sites (tertiary alicyclic amines) is 1. The molecule has 0 saturated carbocycles. The molecule has 2 fully saturated rings. The molecule has 0 radical (unpaired) electrons. The first-order valence-electron chi connectivity index (χ1n) is 8.41. The molecule has 0 aliphatic carbocycles. The Balaban J connectivity index is 1.54. The second-order valence-corrected chi connectivity index (χ2v) is 6.85. The number of piperidine rings is 2. The van der Waals surface area contributed by atoms with Gasteiger partial charge < -0.3 is 10.4 Å². The van der Waals surface area contributed by atoms with Crippen LogP contribution in [0.5, 0.6) is 0 Å². The summed E-state index contributed by atoms with van der Waals surface area (Å²) in [4.78, 5) is 2.60. The molecule has 116 valence electrons. The van der Waals surface area contributed by atoms with E-state index >= 15 is 0 Å². The molecule has 3 rings (SSSR count). The van der Waals surface area contributed by atoms with E-state index in [0.717, 1.165) is 13.0 Å². The normalized spacial score (nSPS) is 22.5. The van der Waals surface area contributed by atoms with Crippen molar-refractivity contribution >= 4 is 0 Å². The fourth-order valence-electron chi connectivity index (χ4n) is 3.91. The van der Waals surface area contributed by atoms with Gasteiger partial charge in [-0.15, -0.1) is 0 Å². The molecule has 1 spiro atoms. The number of nitrogens with zero attached hydrogens (tertiary/aromatic N) is 1. The molecule has 2 aliphatic rings. The minimum atomic E-state index is 0.239. The highest BCUT2D eigenvalue weighted by Gasteiger charge is 2.35. The summed E-state index contributed by atoms with van der Waals surface area (Å²) in [7, 11) is 0. The lowest BCUT2D eigenvalue weighted by Gasteiger charge is -2.44. The molecule has 3 heteroatoms. The quantitative estimate of drug-likeness (QED) is 0.891. The second kappa shape index (κ2) is 6.91. The molecule has 1 aromatic rings. The number of aliphatic hydroxyl groups excluding tert-OH is 1. The van der Waals surface area contributed by atoms with Crippen molar-refractivity contribution in [3.8, 4) is 0 Å². The maximum Gasteiger partial charge on any atom is 0.0471 e. The highest BCUT2D eigenvalue weighted by Crippen LogP contribution is 2.37. The summed E-state index contributed by atoms with van der Waals surface area (Å²) in [5.74, 6) is 0. The van der Waals surface area contributed by atoms with E-state index in [1.54, 1.807) is 0 Å². The topological polar surface area (TPSA) is 35.5 Å². The van der Waals surface area contributed by atoms with Crippen molar-refractivity contribution in [3.63, 3.8) is 0 Å². The standard InChI is InChI=1S/C18H28N2O/c21-12-5-16-3-1-4-17(13-16)14-20-10-7-18(8-11-20)6-2-9-19-15-18/h1,3-4,13,19,21H,2,5-12,14-15H2. The van der Waals surface area contributed by atoms with Crippen molar-refractivity contribution in [2.45, 2.75) is 38.6 Å². The third kappa shape index (κ3) is 3.85. The summed E-state index contributed by atoms with van der Waals surface area (Å²) in [6.07, 6.45) is 6.22. The molecule has 2 heterocycles. The van der Waals surface area contributed by atoms with Crippen LogP contribution in [0.25, 0.3) is 0 Å². The average Bonchev–Trinajstić information content (AvgIpc) is 2.52. The first kappa shape index (κ1) is 15.0. The number of rotatable bonds is 4. The zero-order valence-electron chi connectivity index (χ0n) is 13.0. The van der Waals surface area contributed by atoms with Crippen LogP contribution in [0.3, 0.4) is 0 Å². The summed E-state index contributed by atoms with van der Waals surface area (Å²) in [5, 5.41) is 12.6. The highest BCUT2D eigenvalue weighted by atomic mass is 16.2. The van der Waals surface area contributed by atoms with Gasteiger partial charge in [0.05, 0.1) is 0 Å². The molecule has 0 bridgehead atoms. The van der Waals surface area contributed by atoms with Gasteiger partial charge in [0, 0.05) is 19.7 Å². The Morgan fingerprint density at radius 2 is 1.95 bits per heavy atom. The Morgan fingerprint density at radius 1 is 1.14 bits per heavy atom. The van der Waals surface area contributed by atoms with Crippen LogP contribution in [0.1, 0.15) is 36.8 Å². The van der Waals surface area contributed by atoms with Crippen molar-refractivity contribution in [1.82, 2.24) is 10.2 Å². The molecule has 2 saturated heterocycles. The van der Waals surface area contributed by atoms with Crippen LogP contribution >= 0.6 is 0 Å². The fourth-order valence-corrected chi connectivity index (χ4v) is 3.91. The Hall–Kier alpha value is -0.900. The highest BCUT2D eigenvalue weighted by molar-refractivity contribution is 5.23. The molecule has 0 amide bonds. The molecule has 2 N–H and O–H groups in total. The van der Waals surface area contributed by atoms with Gasteiger partial charge in [-0.1, -0.05) is 24.3 Å². The molecule has 1 aromatic carbocycles. The lowest BCUT2D eigenvalue weighted by Crippen LogP contribution is -2.47. The number of hydrogen-bond acceptors (Lipinski definition) is 3. The molecular formula is C18H28N2O. The minimum absolute atomic E-state index is 0.239. The van der Waals surface area contributed by atoms with Gasteiger partial charge >= 0.3 is 0 Å². The first-order chi connectivity index (χ1) is 10.3. The van der Waals surface area contributed by atoms with Crippen molar-refractivity contribution in [3.05, 3.63) is 35.4 Å². The summed E-state index contributed by atoms with van der Waals surface area (Å²) in [5.41, 5.74) is 3.23. The van der Waals surface area contributed by atoms with Crippen LogP contribution in [0, 0.1) is 5.41 Å². The van der Waals surface area contributed by atoms with Crippen molar-refractivity contribution in [2.75, 3.05) is 32.8 Å². The number of aliphatic hydroxyl groups is 1. The van der Waals surface area contributed by atoms with E-state index in [1.807, 2.05) is 0 Å². The summed E-state index contributed by atoms with van der Waals surface area (Å²) < 4.78 is 0. The Labute approximate surface area is 128 Å². The van der Waals surface area contributed by atoms with Gasteiger partial charge in [0.25, 0.3) is 0 Å². The number of benzene rings is 1. The van der Waals surface area contributed by atoms with Gasteiger partial charge in [-0.05, 0) is 68.3 Å². The predicted octanol–water partition coefficient (Wildman–Crippen LogP) is 2.19. The third-order valence-electron chi connectivity index (χ3n) is 5.28. The number of nitrogens with one attached hydrogen (secondary N) is 1. The van der Waals surface area contributed by atoms with E-state index in [1.165, 1.54) is 63.0 Å². The lowest BCUT2D eigenvalue weighted by molar-refractivity contribution is 0.0750. The van der Waals surface area contributed by atoms with Crippen LogP contribution in [-0.4, -0.2) is 42.8 Å². The van der Waals surface area contributed by atoms with Gasteiger partial charge in [0.15, 0.2) is 0 Å². The molecule has 21 heavy (non-hydrogen) atoms. The van der Waals surface area contributed by atoms with Gasteiger partial charge in [0.2, 0.25) is 0 Å². The maximum absolute atomic E-state index is 9.06. The van der Waals surface area contributed by atoms with E-state index in [4.69, 9.17) is 5.11 Å². The molecule has 0 unspecified atom stereocenters. The molecular weight excluding hydrogens is 260 g/mol. The van der Waals surface area contributed by atoms with Crippen molar-refractivity contribution < 1.29 is 5.11 Å².